The van der Waals surface area contributed by atoms with Crippen molar-refractivity contribution in [3.05, 3.63) is 11.6 Å². The number of hydrogen-bond donors (Lipinski definition) is 1. The van der Waals surface area contributed by atoms with Gasteiger partial charge in [0.25, 0.3) is 0 Å². The lowest BCUT2D eigenvalue weighted by atomic mass is 9.47. The molecule has 1 unspecified atom stereocenters. The number of rotatable bonds is 4. The molecule has 0 aromatic carbocycles. The van der Waals surface area contributed by atoms with Crippen molar-refractivity contribution < 1.29 is 19.4 Å². The Morgan fingerprint density at radius 2 is 2.07 bits per heavy atom. The van der Waals surface area contributed by atoms with Gasteiger partial charge in [-0.15, -0.1) is 0 Å². The van der Waals surface area contributed by atoms with Crippen molar-refractivity contribution in [2.45, 2.75) is 90.8 Å². The van der Waals surface area contributed by atoms with Gasteiger partial charge >= 0.3 is 6.16 Å². The zero-order valence-corrected chi connectivity index (χ0v) is 17.0. The zero-order chi connectivity index (χ0) is 19.1. The first kappa shape index (κ1) is 19.3. The summed E-state index contributed by atoms with van der Waals surface area (Å²) in [6.45, 7) is 4.81. The van der Waals surface area contributed by atoms with Crippen molar-refractivity contribution in [1.82, 2.24) is 0 Å². The van der Waals surface area contributed by atoms with Gasteiger partial charge in [-0.3, -0.25) is 0 Å². The van der Waals surface area contributed by atoms with Crippen molar-refractivity contribution in [3.8, 4) is 0 Å². The van der Waals surface area contributed by atoms with Crippen LogP contribution in [0.25, 0.3) is 0 Å². The van der Waals surface area contributed by atoms with Gasteiger partial charge in [0, 0.05) is 5.41 Å². The number of hydrogen-bond acceptors (Lipinski definition) is 4. The Bertz CT molecular complexity index is 599. The van der Waals surface area contributed by atoms with E-state index < -0.39 is 12.4 Å². The van der Waals surface area contributed by atoms with Gasteiger partial charge in [0.15, 0.2) is 0 Å². The molecule has 4 rings (SSSR count). The minimum absolute atomic E-state index is 0.251. The van der Waals surface area contributed by atoms with E-state index in [0.29, 0.717) is 23.9 Å². The standard InChI is InChI=1S/C23H36O4/c1-3-15-26-21(25)27-20(24)23-13-6-8-19(23)17-10-9-16-7-4-5-12-22(16,2)18(17)11-14-23/h7,17-20,24H,3-6,8-15H2,1-2H3/t17-,18+,19+,20?,22+,23-/m1/s1. The Labute approximate surface area is 163 Å². The summed E-state index contributed by atoms with van der Waals surface area (Å²) in [7, 11) is 0. The normalized spacial score (nSPS) is 41.6. The maximum absolute atomic E-state index is 11.9. The minimum Gasteiger partial charge on any atom is -0.434 e. The number of carbonyl (C=O) groups is 1. The Morgan fingerprint density at radius 3 is 2.89 bits per heavy atom. The molecule has 0 aromatic rings. The number of allylic oxidation sites excluding steroid dienone is 2. The van der Waals surface area contributed by atoms with Crippen LogP contribution in [-0.4, -0.2) is 24.2 Å². The molecule has 152 valence electrons. The molecule has 1 N–H and O–H groups in total. The second kappa shape index (κ2) is 7.42. The first-order valence-electron chi connectivity index (χ1n) is 11.2. The largest absolute Gasteiger partial charge is 0.510 e. The quantitative estimate of drug-likeness (QED) is 0.395. The van der Waals surface area contributed by atoms with Crippen LogP contribution in [0.1, 0.15) is 84.5 Å². The lowest BCUT2D eigenvalue weighted by Crippen LogP contribution is -2.53. The third-order valence-electron chi connectivity index (χ3n) is 8.56. The lowest BCUT2D eigenvalue weighted by molar-refractivity contribution is -0.197. The van der Waals surface area contributed by atoms with E-state index in [2.05, 4.69) is 13.0 Å². The number of carbonyl (C=O) groups excluding carboxylic acids is 1. The van der Waals surface area contributed by atoms with Crippen LogP contribution in [0.5, 0.6) is 0 Å². The highest BCUT2D eigenvalue weighted by Crippen LogP contribution is 2.66. The highest BCUT2D eigenvalue weighted by atomic mass is 16.8. The molecule has 27 heavy (non-hydrogen) atoms. The summed E-state index contributed by atoms with van der Waals surface area (Å²) in [5, 5.41) is 11.0. The number of aliphatic hydroxyl groups excluding tert-OH is 1. The summed E-state index contributed by atoms with van der Waals surface area (Å²) in [6.07, 6.45) is 13.3. The summed E-state index contributed by atoms with van der Waals surface area (Å²) >= 11 is 0. The molecule has 0 bridgehead atoms. The Kier molecular flexibility index (Phi) is 5.30. The SMILES string of the molecule is CCCOC(=O)OC(O)[C@@]12CCC[C@H]1[C@@H]1CCC3=CCCC[C@]3(C)[C@H]1CC2. The van der Waals surface area contributed by atoms with Crippen LogP contribution in [0.15, 0.2) is 11.6 Å². The molecular weight excluding hydrogens is 340 g/mol. The molecule has 0 heterocycles. The Hall–Kier alpha value is -1.03. The topological polar surface area (TPSA) is 55.8 Å². The van der Waals surface area contributed by atoms with Gasteiger partial charge in [-0.25, -0.2) is 4.79 Å². The van der Waals surface area contributed by atoms with Crippen LogP contribution < -0.4 is 0 Å². The monoisotopic (exact) mass is 376 g/mol. The third kappa shape index (κ3) is 3.12. The molecular formula is C23H36O4. The molecule has 4 nitrogen and oxygen atoms in total. The molecule has 0 spiro atoms. The fourth-order valence-corrected chi connectivity index (χ4v) is 7.32. The van der Waals surface area contributed by atoms with Crippen LogP contribution in [0, 0.1) is 28.6 Å². The number of ether oxygens (including phenoxy) is 2. The van der Waals surface area contributed by atoms with E-state index in [-0.39, 0.29) is 5.41 Å². The minimum atomic E-state index is -1.02. The average Bonchev–Trinajstić information content (AvgIpc) is 3.11. The van der Waals surface area contributed by atoms with Crippen molar-refractivity contribution >= 4 is 6.16 Å². The fourth-order valence-electron chi connectivity index (χ4n) is 7.32. The highest BCUT2D eigenvalue weighted by Gasteiger charge is 2.60. The van der Waals surface area contributed by atoms with Crippen LogP contribution in [-0.2, 0) is 9.47 Å². The average molecular weight is 377 g/mol. The second-order valence-corrected chi connectivity index (χ2v) is 9.69. The van der Waals surface area contributed by atoms with Gasteiger partial charge < -0.3 is 14.6 Å². The van der Waals surface area contributed by atoms with Gasteiger partial charge in [-0.05, 0) is 87.4 Å². The van der Waals surface area contributed by atoms with E-state index in [1.807, 2.05) is 6.92 Å². The Morgan fingerprint density at radius 1 is 1.22 bits per heavy atom. The van der Waals surface area contributed by atoms with Crippen LogP contribution >= 0.6 is 0 Å². The van der Waals surface area contributed by atoms with Gasteiger partial charge in [0.2, 0.25) is 6.29 Å². The number of fused-ring (bicyclic) bond motifs is 5. The van der Waals surface area contributed by atoms with Crippen LogP contribution in [0.3, 0.4) is 0 Å². The third-order valence-corrected chi connectivity index (χ3v) is 8.56. The molecule has 6 atom stereocenters. The first-order chi connectivity index (χ1) is 13.0. The summed E-state index contributed by atoms with van der Waals surface area (Å²) in [6, 6.07) is 0. The summed E-state index contributed by atoms with van der Waals surface area (Å²) < 4.78 is 10.5. The van der Waals surface area contributed by atoms with Crippen molar-refractivity contribution in [2.24, 2.45) is 28.6 Å². The Balaban J connectivity index is 1.53. The maximum atomic E-state index is 11.9. The highest BCUT2D eigenvalue weighted by molar-refractivity contribution is 5.60. The predicted molar refractivity (Wildman–Crippen MR) is 104 cm³/mol. The van der Waals surface area contributed by atoms with Gasteiger partial charge in [0.05, 0.1) is 6.61 Å². The van der Waals surface area contributed by atoms with E-state index in [1.165, 1.54) is 38.5 Å². The summed E-state index contributed by atoms with van der Waals surface area (Å²) in [5.74, 6) is 1.87. The summed E-state index contributed by atoms with van der Waals surface area (Å²) in [5.41, 5.74) is 1.82. The molecule has 3 saturated carbocycles. The zero-order valence-electron chi connectivity index (χ0n) is 17.0. The number of aliphatic hydroxyl groups is 1. The molecule has 0 radical (unpaired) electrons. The van der Waals surface area contributed by atoms with Gasteiger partial charge in [-0.2, -0.15) is 0 Å². The van der Waals surface area contributed by atoms with E-state index in [1.54, 1.807) is 5.57 Å². The van der Waals surface area contributed by atoms with E-state index >= 15 is 0 Å². The van der Waals surface area contributed by atoms with E-state index in [9.17, 15) is 9.90 Å². The smallest absolute Gasteiger partial charge is 0.434 e. The molecule has 3 fully saturated rings. The molecule has 4 aliphatic carbocycles. The van der Waals surface area contributed by atoms with Crippen LogP contribution in [0.2, 0.25) is 0 Å². The van der Waals surface area contributed by atoms with Gasteiger partial charge in [0.1, 0.15) is 0 Å². The second-order valence-electron chi connectivity index (χ2n) is 9.69. The van der Waals surface area contributed by atoms with Crippen LogP contribution in [0.4, 0.5) is 4.79 Å². The van der Waals surface area contributed by atoms with E-state index in [4.69, 9.17) is 9.47 Å². The molecule has 0 aromatic heterocycles. The summed E-state index contributed by atoms with van der Waals surface area (Å²) in [4.78, 5) is 11.9. The van der Waals surface area contributed by atoms with Crippen molar-refractivity contribution in [3.63, 3.8) is 0 Å². The maximum Gasteiger partial charge on any atom is 0.510 e. The van der Waals surface area contributed by atoms with Crippen molar-refractivity contribution in [1.29, 1.82) is 0 Å². The molecule has 0 aliphatic heterocycles. The predicted octanol–water partition coefficient (Wildman–Crippen LogP) is 5.59. The fraction of sp³-hybridized carbons (Fsp3) is 0.870. The van der Waals surface area contributed by atoms with E-state index in [0.717, 1.165) is 38.0 Å². The lowest BCUT2D eigenvalue weighted by Gasteiger charge is -2.58. The molecule has 0 amide bonds. The first-order valence-corrected chi connectivity index (χ1v) is 11.2. The van der Waals surface area contributed by atoms with Crippen molar-refractivity contribution in [2.75, 3.05) is 6.61 Å². The molecule has 4 heteroatoms. The molecule has 0 saturated heterocycles. The molecule has 4 aliphatic rings. The van der Waals surface area contributed by atoms with Gasteiger partial charge in [-0.1, -0.05) is 31.9 Å².